The highest BCUT2D eigenvalue weighted by Crippen LogP contribution is 2.23. The van der Waals surface area contributed by atoms with Gasteiger partial charge in [0.15, 0.2) is 0 Å². The fraction of sp³-hybridized carbons (Fsp3) is 0.333. The van der Waals surface area contributed by atoms with Gasteiger partial charge in [-0.25, -0.2) is 4.79 Å². The second-order valence-corrected chi connectivity index (χ2v) is 9.97. The predicted molar refractivity (Wildman–Crippen MR) is 147 cm³/mol. The molecule has 0 saturated heterocycles. The monoisotopic (exact) mass is 470 g/mol. The summed E-state index contributed by atoms with van der Waals surface area (Å²) in [5, 5.41) is 11.4. The molecule has 0 aliphatic rings. The fourth-order valence-corrected chi connectivity index (χ4v) is 4.03. The van der Waals surface area contributed by atoms with Crippen molar-refractivity contribution in [2.24, 2.45) is 0 Å². The quantitative estimate of drug-likeness (QED) is 0.193. The van der Waals surface area contributed by atoms with Gasteiger partial charge in [-0.05, 0) is 65.1 Å². The van der Waals surface area contributed by atoms with Crippen molar-refractivity contribution >= 4 is 17.6 Å². The lowest BCUT2D eigenvalue weighted by Gasteiger charge is -2.22. The maximum absolute atomic E-state index is 12.7. The molecule has 4 N–H and O–H groups in total. The van der Waals surface area contributed by atoms with E-state index >= 15 is 0 Å². The van der Waals surface area contributed by atoms with Gasteiger partial charge in [-0.1, -0.05) is 81.4 Å². The topological polar surface area (TPSA) is 82.2 Å². The molecule has 0 atom stereocenters. The number of nitrogens with two attached hydrogens (primary N) is 1. The summed E-state index contributed by atoms with van der Waals surface area (Å²) < 4.78 is 0. The van der Waals surface area contributed by atoms with Crippen LogP contribution < -0.4 is 11.1 Å². The molecule has 5 nitrogen and oxygen atoms in total. The predicted octanol–water partition coefficient (Wildman–Crippen LogP) is 6.76. The number of amides is 2. The Kier molecular flexibility index (Phi) is 8.69. The lowest BCUT2D eigenvalue weighted by Crippen LogP contribution is -2.43. The van der Waals surface area contributed by atoms with Crippen LogP contribution >= 0.6 is 0 Å². The van der Waals surface area contributed by atoms with Crippen LogP contribution in [0.15, 0.2) is 72.8 Å². The van der Waals surface area contributed by atoms with Crippen LogP contribution in [-0.4, -0.2) is 23.3 Å². The molecule has 0 aromatic heterocycles. The van der Waals surface area contributed by atoms with Crippen LogP contribution in [0.5, 0.6) is 0 Å². The first kappa shape index (κ1) is 26.0. The molecular weight excluding hydrogens is 432 g/mol. The average Bonchev–Trinajstić information content (AvgIpc) is 2.83. The molecule has 0 bridgehead atoms. The highest BCUT2D eigenvalue weighted by molar-refractivity contribution is 5.95. The normalized spacial score (nSPS) is 11.2. The van der Waals surface area contributed by atoms with Gasteiger partial charge in [0.2, 0.25) is 0 Å². The van der Waals surface area contributed by atoms with Crippen molar-refractivity contribution in [1.29, 1.82) is 5.41 Å². The number of carbonyl (C=O) groups is 1. The van der Waals surface area contributed by atoms with Gasteiger partial charge in [0.25, 0.3) is 0 Å². The molecule has 184 valence electrons. The standard InChI is InChI=1S/C30H38N4O/c1-5-34(29(35)33-21-23-14-18-26(19-15-23)30(2,3)4)28(32)11-6-8-22-12-16-24(17-13-22)25-9-7-10-27(31)20-25/h7,9-10,12-20,32H,5-6,8,11,21,31H2,1-4H3,(H,33,35). The minimum absolute atomic E-state index is 0.106. The van der Waals surface area contributed by atoms with Gasteiger partial charge in [-0.15, -0.1) is 0 Å². The number of nitrogens with zero attached hydrogens (tertiary/aromatic N) is 1. The van der Waals surface area contributed by atoms with E-state index in [4.69, 9.17) is 11.1 Å². The van der Waals surface area contributed by atoms with Crippen molar-refractivity contribution < 1.29 is 4.79 Å². The fourth-order valence-electron chi connectivity index (χ4n) is 4.03. The Hall–Kier alpha value is -3.60. The zero-order chi connectivity index (χ0) is 25.4. The molecule has 0 spiro atoms. The molecule has 0 aliphatic heterocycles. The van der Waals surface area contributed by atoms with E-state index in [1.807, 2.05) is 25.1 Å². The largest absolute Gasteiger partial charge is 0.399 e. The van der Waals surface area contributed by atoms with Crippen molar-refractivity contribution in [2.45, 2.75) is 58.9 Å². The summed E-state index contributed by atoms with van der Waals surface area (Å²) in [7, 11) is 0. The number of benzene rings is 3. The Morgan fingerprint density at radius 1 is 0.943 bits per heavy atom. The van der Waals surface area contributed by atoms with E-state index < -0.39 is 0 Å². The number of aryl methyl sites for hydroxylation is 1. The van der Waals surface area contributed by atoms with E-state index in [0.29, 0.717) is 25.3 Å². The Bertz CT molecular complexity index is 1130. The van der Waals surface area contributed by atoms with Crippen LogP contribution in [-0.2, 0) is 18.4 Å². The lowest BCUT2D eigenvalue weighted by molar-refractivity contribution is 0.221. The number of hydrogen-bond donors (Lipinski definition) is 3. The number of carbonyl (C=O) groups excluding carboxylic acids is 1. The van der Waals surface area contributed by atoms with Crippen molar-refractivity contribution in [3.8, 4) is 11.1 Å². The number of rotatable bonds is 8. The molecule has 0 radical (unpaired) electrons. The maximum atomic E-state index is 12.7. The summed E-state index contributed by atoms with van der Waals surface area (Å²) in [6.45, 7) is 9.39. The minimum Gasteiger partial charge on any atom is -0.399 e. The van der Waals surface area contributed by atoms with E-state index in [0.717, 1.165) is 35.2 Å². The second kappa shape index (κ2) is 11.7. The summed E-state index contributed by atoms with van der Waals surface area (Å²) in [4.78, 5) is 14.2. The third-order valence-corrected chi connectivity index (χ3v) is 6.20. The van der Waals surface area contributed by atoms with Crippen LogP contribution in [0.25, 0.3) is 11.1 Å². The van der Waals surface area contributed by atoms with Crippen LogP contribution in [0.1, 0.15) is 57.2 Å². The van der Waals surface area contributed by atoms with E-state index in [9.17, 15) is 4.79 Å². The van der Waals surface area contributed by atoms with Crippen LogP contribution in [0.3, 0.4) is 0 Å². The van der Waals surface area contributed by atoms with Crippen molar-refractivity contribution in [2.75, 3.05) is 12.3 Å². The molecule has 0 aliphatic carbocycles. The average molecular weight is 471 g/mol. The van der Waals surface area contributed by atoms with Gasteiger partial charge in [-0.2, -0.15) is 0 Å². The summed E-state index contributed by atoms with van der Waals surface area (Å²) >= 11 is 0. The number of nitrogen functional groups attached to an aromatic ring is 1. The van der Waals surface area contributed by atoms with Crippen molar-refractivity contribution in [3.05, 3.63) is 89.5 Å². The lowest BCUT2D eigenvalue weighted by atomic mass is 9.87. The van der Waals surface area contributed by atoms with Crippen molar-refractivity contribution in [3.63, 3.8) is 0 Å². The van der Waals surface area contributed by atoms with Crippen LogP contribution in [0.2, 0.25) is 0 Å². The molecule has 0 unspecified atom stereocenters. The molecule has 35 heavy (non-hydrogen) atoms. The molecule has 2 amide bonds. The van der Waals surface area contributed by atoms with E-state index in [2.05, 4.69) is 80.7 Å². The van der Waals surface area contributed by atoms with Gasteiger partial charge >= 0.3 is 6.03 Å². The first-order valence-corrected chi connectivity index (χ1v) is 12.3. The van der Waals surface area contributed by atoms with Crippen LogP contribution in [0.4, 0.5) is 10.5 Å². The number of amidine groups is 1. The summed E-state index contributed by atoms with van der Waals surface area (Å²) in [6.07, 6.45) is 2.23. The molecule has 0 heterocycles. The van der Waals surface area contributed by atoms with E-state index in [1.165, 1.54) is 16.0 Å². The molecule has 3 aromatic carbocycles. The zero-order valence-electron chi connectivity index (χ0n) is 21.4. The summed E-state index contributed by atoms with van der Waals surface area (Å²) in [5.41, 5.74) is 12.5. The zero-order valence-corrected chi connectivity index (χ0v) is 21.4. The SMILES string of the molecule is CCN(C(=N)CCCc1ccc(-c2cccc(N)c2)cc1)C(=O)NCc1ccc(C(C)(C)C)cc1. The smallest absolute Gasteiger partial charge is 0.323 e. The second-order valence-electron chi connectivity index (χ2n) is 9.97. The molecular formula is C30H38N4O. The third kappa shape index (κ3) is 7.44. The minimum atomic E-state index is -0.219. The number of hydrogen-bond acceptors (Lipinski definition) is 3. The number of urea groups is 1. The number of nitrogens with one attached hydrogen (secondary N) is 2. The Morgan fingerprint density at radius 2 is 1.60 bits per heavy atom. The first-order valence-electron chi connectivity index (χ1n) is 12.3. The summed E-state index contributed by atoms with van der Waals surface area (Å²) in [5.74, 6) is 0.351. The van der Waals surface area contributed by atoms with Gasteiger partial charge in [-0.3, -0.25) is 10.3 Å². The third-order valence-electron chi connectivity index (χ3n) is 6.20. The Balaban J connectivity index is 1.47. The number of anilines is 1. The van der Waals surface area contributed by atoms with Crippen LogP contribution in [0, 0.1) is 5.41 Å². The highest BCUT2D eigenvalue weighted by atomic mass is 16.2. The Labute approximate surface area is 209 Å². The molecule has 3 rings (SSSR count). The van der Waals surface area contributed by atoms with E-state index in [-0.39, 0.29) is 11.4 Å². The molecule has 5 heteroatoms. The Morgan fingerprint density at radius 3 is 2.20 bits per heavy atom. The molecule has 3 aromatic rings. The van der Waals surface area contributed by atoms with Gasteiger partial charge in [0.1, 0.15) is 5.84 Å². The maximum Gasteiger partial charge on any atom is 0.323 e. The summed E-state index contributed by atoms with van der Waals surface area (Å²) in [6, 6.07) is 24.5. The van der Waals surface area contributed by atoms with Crippen molar-refractivity contribution in [1.82, 2.24) is 10.2 Å². The first-order chi connectivity index (χ1) is 16.7. The van der Waals surface area contributed by atoms with Gasteiger partial charge in [0.05, 0.1) is 0 Å². The molecule has 0 fully saturated rings. The van der Waals surface area contributed by atoms with Gasteiger partial charge < -0.3 is 11.1 Å². The van der Waals surface area contributed by atoms with E-state index in [1.54, 1.807) is 0 Å². The molecule has 0 saturated carbocycles. The van der Waals surface area contributed by atoms with Gasteiger partial charge in [0, 0.05) is 25.2 Å². The highest BCUT2D eigenvalue weighted by Gasteiger charge is 2.17.